The van der Waals surface area contributed by atoms with E-state index < -0.39 is 0 Å². The van der Waals surface area contributed by atoms with E-state index in [2.05, 4.69) is 19.8 Å². The molecule has 2 N–H and O–H groups in total. The molecule has 5 rings (SSSR count). The first-order valence-electron chi connectivity index (χ1n) is 8.93. The summed E-state index contributed by atoms with van der Waals surface area (Å²) in [6.07, 6.45) is 1.49. The van der Waals surface area contributed by atoms with E-state index in [1.54, 1.807) is 0 Å². The van der Waals surface area contributed by atoms with E-state index in [4.69, 9.17) is 4.74 Å². The number of aryl methyl sites for hydroxylation is 1. The molecular weight excluding hydrogens is 332 g/mol. The summed E-state index contributed by atoms with van der Waals surface area (Å²) in [4.78, 5) is 30.0. The molecule has 0 bridgehead atoms. The Morgan fingerprint density at radius 2 is 1.96 bits per heavy atom. The number of fused-ring (bicyclic) bond motifs is 2. The molecule has 1 saturated heterocycles. The Labute approximate surface area is 149 Å². The van der Waals surface area contributed by atoms with Gasteiger partial charge in [0, 0.05) is 38.4 Å². The van der Waals surface area contributed by atoms with Crippen LogP contribution in [0.15, 0.2) is 34.0 Å². The van der Waals surface area contributed by atoms with Crippen molar-refractivity contribution in [2.75, 3.05) is 32.8 Å². The van der Waals surface area contributed by atoms with Crippen molar-refractivity contribution in [2.24, 2.45) is 0 Å². The third-order valence-corrected chi connectivity index (χ3v) is 5.47. The lowest BCUT2D eigenvalue weighted by Crippen LogP contribution is -2.49. The molecule has 4 heterocycles. The summed E-state index contributed by atoms with van der Waals surface area (Å²) < 4.78 is 8.26. The molecule has 1 aromatic carbocycles. The average molecular weight is 352 g/mol. The third kappa shape index (κ3) is 2.14. The van der Waals surface area contributed by atoms with Gasteiger partial charge in [0.2, 0.25) is 5.56 Å². The molecule has 0 radical (unpaired) electrons. The Morgan fingerprint density at radius 3 is 2.77 bits per heavy atom. The van der Waals surface area contributed by atoms with Gasteiger partial charge < -0.3 is 19.6 Å². The SMILES string of the molecule is Cc1ccc2c(=O)c3c[nH]c(=O)cc3n3c2c1OCC3N1CCNCC1. The van der Waals surface area contributed by atoms with Gasteiger partial charge >= 0.3 is 0 Å². The first-order chi connectivity index (χ1) is 12.6. The van der Waals surface area contributed by atoms with E-state index in [0.29, 0.717) is 22.9 Å². The van der Waals surface area contributed by atoms with Crippen LogP contribution in [0, 0.1) is 6.92 Å². The fraction of sp³-hybridized carbons (Fsp3) is 0.368. The van der Waals surface area contributed by atoms with E-state index in [-0.39, 0.29) is 17.2 Å². The molecule has 7 nitrogen and oxygen atoms in total. The minimum absolute atomic E-state index is 0.0428. The molecule has 26 heavy (non-hydrogen) atoms. The van der Waals surface area contributed by atoms with Crippen molar-refractivity contribution in [3.05, 3.63) is 50.5 Å². The zero-order chi connectivity index (χ0) is 17.8. The molecule has 0 spiro atoms. The number of piperazine rings is 1. The van der Waals surface area contributed by atoms with Gasteiger partial charge in [-0.2, -0.15) is 0 Å². The van der Waals surface area contributed by atoms with E-state index in [1.165, 1.54) is 12.3 Å². The Bertz CT molecular complexity index is 1140. The van der Waals surface area contributed by atoms with Crippen LogP contribution >= 0.6 is 0 Å². The lowest BCUT2D eigenvalue weighted by atomic mass is 10.0. The van der Waals surface area contributed by atoms with Crippen LogP contribution in [0.5, 0.6) is 5.75 Å². The minimum atomic E-state index is -0.209. The summed E-state index contributed by atoms with van der Waals surface area (Å²) in [6.45, 7) is 6.10. The number of benzene rings is 1. The van der Waals surface area contributed by atoms with Crippen molar-refractivity contribution in [3.8, 4) is 5.75 Å². The number of aromatic amines is 1. The van der Waals surface area contributed by atoms with Gasteiger partial charge in [0.1, 0.15) is 18.5 Å². The zero-order valence-corrected chi connectivity index (χ0v) is 14.5. The molecule has 1 atom stereocenters. The second-order valence-corrected chi connectivity index (χ2v) is 6.98. The van der Waals surface area contributed by atoms with Gasteiger partial charge in [0.15, 0.2) is 5.43 Å². The Morgan fingerprint density at radius 1 is 1.15 bits per heavy atom. The topological polar surface area (TPSA) is 79.4 Å². The van der Waals surface area contributed by atoms with Crippen molar-refractivity contribution in [3.63, 3.8) is 0 Å². The number of hydrogen-bond donors (Lipinski definition) is 2. The maximum Gasteiger partial charge on any atom is 0.250 e. The van der Waals surface area contributed by atoms with Crippen molar-refractivity contribution < 1.29 is 4.74 Å². The van der Waals surface area contributed by atoms with Gasteiger partial charge in [0.25, 0.3) is 0 Å². The predicted molar refractivity (Wildman–Crippen MR) is 100 cm³/mol. The van der Waals surface area contributed by atoms with E-state index in [1.807, 2.05) is 19.1 Å². The van der Waals surface area contributed by atoms with Gasteiger partial charge in [-0.1, -0.05) is 6.07 Å². The van der Waals surface area contributed by atoms with Gasteiger partial charge in [-0.05, 0) is 18.6 Å². The van der Waals surface area contributed by atoms with Crippen LogP contribution in [0.3, 0.4) is 0 Å². The molecule has 3 aromatic rings. The number of H-pyrrole nitrogens is 1. The van der Waals surface area contributed by atoms with Crippen molar-refractivity contribution in [1.82, 2.24) is 19.8 Å². The highest BCUT2D eigenvalue weighted by atomic mass is 16.5. The minimum Gasteiger partial charge on any atom is -0.488 e. The fourth-order valence-corrected chi connectivity index (χ4v) is 4.18. The summed E-state index contributed by atoms with van der Waals surface area (Å²) in [7, 11) is 0. The lowest BCUT2D eigenvalue weighted by molar-refractivity contribution is 0.0708. The molecule has 1 unspecified atom stereocenters. The maximum absolute atomic E-state index is 13.0. The normalized spacial score (nSPS) is 20.4. The van der Waals surface area contributed by atoms with E-state index in [0.717, 1.165) is 43.0 Å². The summed E-state index contributed by atoms with van der Waals surface area (Å²) in [5.74, 6) is 0.744. The first kappa shape index (κ1) is 15.6. The summed E-state index contributed by atoms with van der Waals surface area (Å²) in [5, 5.41) is 4.53. The van der Waals surface area contributed by atoms with Gasteiger partial charge in [-0.3, -0.25) is 14.5 Å². The highest BCUT2D eigenvalue weighted by molar-refractivity contribution is 5.97. The molecule has 1 fully saturated rings. The number of ether oxygens (including phenoxy) is 1. The molecule has 0 amide bonds. The number of rotatable bonds is 1. The van der Waals surface area contributed by atoms with Crippen molar-refractivity contribution in [1.29, 1.82) is 0 Å². The Kier molecular flexibility index (Phi) is 3.41. The van der Waals surface area contributed by atoms with E-state index in [9.17, 15) is 9.59 Å². The lowest BCUT2D eigenvalue weighted by Gasteiger charge is -2.40. The number of aromatic nitrogens is 2. The van der Waals surface area contributed by atoms with Crippen LogP contribution in [-0.2, 0) is 0 Å². The third-order valence-electron chi connectivity index (χ3n) is 5.47. The predicted octanol–water partition coefficient (Wildman–Crippen LogP) is 0.948. The fourth-order valence-electron chi connectivity index (χ4n) is 4.18. The molecule has 0 saturated carbocycles. The zero-order valence-electron chi connectivity index (χ0n) is 14.5. The van der Waals surface area contributed by atoms with E-state index >= 15 is 0 Å². The Hall–Kier alpha value is -2.64. The molecule has 2 aliphatic rings. The number of nitrogens with one attached hydrogen (secondary N) is 2. The van der Waals surface area contributed by atoms with Crippen LogP contribution in [0.2, 0.25) is 0 Å². The molecule has 0 aliphatic carbocycles. The standard InChI is InChI=1S/C19H20N4O3/c1-11-2-3-12-17-19(11)26-10-16(22-6-4-20-5-7-22)23(17)14-8-15(24)21-9-13(14)18(12)25/h2-3,8-9,16,20H,4-7,10H2,1H3,(H,21,24). The highest BCUT2D eigenvalue weighted by Crippen LogP contribution is 2.37. The highest BCUT2D eigenvalue weighted by Gasteiger charge is 2.31. The monoisotopic (exact) mass is 352 g/mol. The second kappa shape index (κ2) is 5.69. The second-order valence-electron chi connectivity index (χ2n) is 6.98. The van der Waals surface area contributed by atoms with Gasteiger partial charge in [-0.15, -0.1) is 0 Å². The summed E-state index contributed by atoms with van der Waals surface area (Å²) >= 11 is 0. The van der Waals surface area contributed by atoms with Crippen LogP contribution in [0.1, 0.15) is 11.7 Å². The Balaban J connectivity index is 1.92. The van der Waals surface area contributed by atoms with Crippen LogP contribution < -0.4 is 21.0 Å². The molecule has 7 heteroatoms. The molecular formula is C19H20N4O3. The van der Waals surface area contributed by atoms with Gasteiger partial charge in [-0.25, -0.2) is 0 Å². The van der Waals surface area contributed by atoms with Crippen LogP contribution in [-0.4, -0.2) is 47.2 Å². The molecule has 134 valence electrons. The summed E-state index contributed by atoms with van der Waals surface area (Å²) in [6, 6.07) is 5.32. The van der Waals surface area contributed by atoms with Gasteiger partial charge in [0.05, 0.1) is 21.8 Å². The summed E-state index contributed by atoms with van der Waals surface area (Å²) in [5.41, 5.74) is 2.18. The quantitative estimate of drug-likeness (QED) is 0.638. The van der Waals surface area contributed by atoms with Crippen LogP contribution in [0.25, 0.3) is 21.8 Å². The van der Waals surface area contributed by atoms with Crippen molar-refractivity contribution >= 4 is 21.8 Å². The van der Waals surface area contributed by atoms with Crippen LogP contribution in [0.4, 0.5) is 0 Å². The number of nitrogens with zero attached hydrogens (tertiary/aromatic N) is 2. The smallest absolute Gasteiger partial charge is 0.250 e. The van der Waals surface area contributed by atoms with Crippen molar-refractivity contribution in [2.45, 2.75) is 13.1 Å². The first-order valence-corrected chi connectivity index (χ1v) is 8.93. The molecule has 2 aliphatic heterocycles. The molecule has 2 aromatic heterocycles. The maximum atomic E-state index is 13.0. The number of pyridine rings is 2. The average Bonchev–Trinajstić information content (AvgIpc) is 2.67. The number of hydrogen-bond acceptors (Lipinski definition) is 5. The largest absolute Gasteiger partial charge is 0.488 e.